The Labute approximate surface area is 154 Å². The number of hydrogen-bond donors (Lipinski definition) is 0. The minimum atomic E-state index is -3.87. The molecule has 0 spiro atoms. The lowest BCUT2D eigenvalue weighted by Gasteiger charge is -2.39. The number of hydrogen-bond acceptors (Lipinski definition) is 2. The van der Waals surface area contributed by atoms with Crippen LogP contribution in [-0.4, -0.2) is 8.42 Å². The molecule has 1 saturated carbocycles. The van der Waals surface area contributed by atoms with Crippen molar-refractivity contribution in [2.45, 2.75) is 55.6 Å². The molecule has 1 aliphatic rings. The Morgan fingerprint density at radius 3 is 2.23 bits per heavy atom. The van der Waals surface area contributed by atoms with E-state index in [9.17, 15) is 17.2 Å². The van der Waals surface area contributed by atoms with Gasteiger partial charge in [-0.05, 0) is 73.9 Å². The molecule has 0 amide bonds. The van der Waals surface area contributed by atoms with Gasteiger partial charge in [0, 0.05) is 5.56 Å². The van der Waals surface area contributed by atoms with Crippen LogP contribution < -0.4 is 0 Å². The zero-order chi connectivity index (χ0) is 18.9. The molecule has 0 N–H and O–H groups in total. The monoisotopic (exact) mass is 378 g/mol. The molecule has 1 fully saturated rings. The van der Waals surface area contributed by atoms with Crippen LogP contribution in [0.2, 0.25) is 0 Å². The van der Waals surface area contributed by atoms with Crippen molar-refractivity contribution in [1.29, 1.82) is 0 Å². The smallest absolute Gasteiger partial charge is 0.188 e. The summed E-state index contributed by atoms with van der Waals surface area (Å²) in [6.07, 6.45) is 2.74. The molecular formula is C21H24F2O2S. The Bertz CT molecular complexity index is 881. The highest BCUT2D eigenvalue weighted by Gasteiger charge is 2.49. The van der Waals surface area contributed by atoms with E-state index in [1.165, 1.54) is 0 Å². The number of halogens is 2. The molecule has 0 aromatic heterocycles. The normalized spacial score (nSPS) is 23.8. The summed E-state index contributed by atoms with van der Waals surface area (Å²) in [5, 5.41) is 0. The van der Waals surface area contributed by atoms with Crippen molar-refractivity contribution in [2.24, 2.45) is 5.92 Å². The predicted molar refractivity (Wildman–Crippen MR) is 98.7 cm³/mol. The number of sulfone groups is 1. The van der Waals surface area contributed by atoms with E-state index in [0.29, 0.717) is 31.6 Å². The first kappa shape index (κ1) is 19.0. The zero-order valence-electron chi connectivity index (χ0n) is 15.1. The van der Waals surface area contributed by atoms with Gasteiger partial charge in [-0.15, -0.1) is 0 Å². The van der Waals surface area contributed by atoms with E-state index in [0.717, 1.165) is 30.2 Å². The fourth-order valence-corrected chi connectivity index (χ4v) is 6.05. The van der Waals surface area contributed by atoms with Gasteiger partial charge >= 0.3 is 0 Å². The third kappa shape index (κ3) is 3.18. The van der Waals surface area contributed by atoms with Gasteiger partial charge < -0.3 is 0 Å². The van der Waals surface area contributed by atoms with E-state index in [1.54, 1.807) is 24.3 Å². The van der Waals surface area contributed by atoms with Crippen LogP contribution in [0.25, 0.3) is 0 Å². The Hall–Kier alpha value is -1.75. The second-order valence-corrected chi connectivity index (χ2v) is 9.56. The van der Waals surface area contributed by atoms with E-state index in [1.807, 2.05) is 6.92 Å². The molecule has 0 unspecified atom stereocenters. The van der Waals surface area contributed by atoms with Crippen molar-refractivity contribution >= 4 is 9.84 Å². The molecule has 2 aromatic rings. The quantitative estimate of drug-likeness (QED) is 0.713. The summed E-state index contributed by atoms with van der Waals surface area (Å²) in [6, 6.07) is 9.86. The highest BCUT2D eigenvalue weighted by molar-refractivity contribution is 7.92. The van der Waals surface area contributed by atoms with E-state index in [2.05, 4.69) is 6.92 Å². The molecule has 0 saturated heterocycles. The lowest BCUT2D eigenvalue weighted by atomic mass is 9.78. The van der Waals surface area contributed by atoms with Gasteiger partial charge in [0.15, 0.2) is 9.84 Å². The van der Waals surface area contributed by atoms with Crippen LogP contribution in [0.3, 0.4) is 0 Å². The largest absolute Gasteiger partial charge is 0.223 e. The van der Waals surface area contributed by atoms with Crippen molar-refractivity contribution < 1.29 is 17.2 Å². The molecule has 2 aromatic carbocycles. The Morgan fingerprint density at radius 1 is 1.04 bits per heavy atom. The minimum Gasteiger partial charge on any atom is -0.223 e. The Balaban J connectivity index is 2.18. The zero-order valence-corrected chi connectivity index (χ0v) is 16.0. The molecule has 0 bridgehead atoms. The van der Waals surface area contributed by atoms with Crippen molar-refractivity contribution in [3.63, 3.8) is 0 Å². The predicted octanol–water partition coefficient (Wildman–Crippen LogP) is 5.41. The Morgan fingerprint density at radius 2 is 1.65 bits per heavy atom. The van der Waals surface area contributed by atoms with E-state index in [4.69, 9.17) is 0 Å². The lowest BCUT2D eigenvalue weighted by molar-refractivity contribution is 0.302. The summed E-state index contributed by atoms with van der Waals surface area (Å²) < 4.78 is 54.3. The summed E-state index contributed by atoms with van der Waals surface area (Å²) >= 11 is 0. The summed E-state index contributed by atoms with van der Waals surface area (Å²) in [7, 11) is -3.87. The van der Waals surface area contributed by atoms with Gasteiger partial charge in [-0.1, -0.05) is 26.0 Å². The summed E-state index contributed by atoms with van der Waals surface area (Å²) in [5.74, 6) is -0.900. The van der Waals surface area contributed by atoms with Crippen molar-refractivity contribution in [2.75, 3.05) is 0 Å². The summed E-state index contributed by atoms with van der Waals surface area (Å²) in [5.41, 5.74) is 0.996. The van der Waals surface area contributed by atoms with Crippen LogP contribution in [-0.2, 0) is 21.0 Å². The fraction of sp³-hybridized carbons (Fsp3) is 0.429. The maximum absolute atomic E-state index is 14.6. The van der Waals surface area contributed by atoms with Crippen LogP contribution in [0.5, 0.6) is 0 Å². The topological polar surface area (TPSA) is 34.1 Å². The van der Waals surface area contributed by atoms with Gasteiger partial charge in [0.25, 0.3) is 0 Å². The maximum atomic E-state index is 14.6. The van der Waals surface area contributed by atoms with Crippen LogP contribution in [0.15, 0.2) is 47.4 Å². The first-order valence-corrected chi connectivity index (χ1v) is 10.6. The van der Waals surface area contributed by atoms with E-state index in [-0.39, 0.29) is 10.5 Å². The third-order valence-corrected chi connectivity index (χ3v) is 8.21. The number of benzene rings is 2. The van der Waals surface area contributed by atoms with Crippen molar-refractivity contribution in [3.8, 4) is 0 Å². The van der Waals surface area contributed by atoms with Gasteiger partial charge in [-0.25, -0.2) is 17.2 Å². The molecule has 1 aliphatic carbocycles. The lowest BCUT2D eigenvalue weighted by Crippen LogP contribution is -2.40. The molecule has 0 radical (unpaired) electrons. The first-order valence-electron chi connectivity index (χ1n) is 9.09. The van der Waals surface area contributed by atoms with E-state index >= 15 is 0 Å². The first-order chi connectivity index (χ1) is 12.3. The second-order valence-electron chi connectivity index (χ2n) is 7.30. The van der Waals surface area contributed by atoms with Gasteiger partial charge in [-0.3, -0.25) is 0 Å². The number of rotatable bonds is 4. The minimum absolute atomic E-state index is 0.0380. The molecule has 2 nitrogen and oxygen atoms in total. The highest BCUT2D eigenvalue weighted by atomic mass is 32.2. The van der Waals surface area contributed by atoms with Gasteiger partial charge in [-0.2, -0.15) is 0 Å². The molecule has 140 valence electrons. The fourth-order valence-electron chi connectivity index (χ4n) is 3.89. The molecule has 0 heterocycles. The van der Waals surface area contributed by atoms with Crippen LogP contribution in [0, 0.1) is 17.6 Å². The molecule has 5 heteroatoms. The molecule has 0 atom stereocenters. The summed E-state index contributed by atoms with van der Waals surface area (Å²) in [4.78, 5) is 0.174. The molecule has 0 aliphatic heterocycles. The van der Waals surface area contributed by atoms with E-state index < -0.39 is 26.2 Å². The molecule has 3 rings (SSSR count). The van der Waals surface area contributed by atoms with Crippen molar-refractivity contribution in [1.82, 2.24) is 0 Å². The average molecular weight is 378 g/mol. The molecular weight excluding hydrogens is 354 g/mol. The molecule has 26 heavy (non-hydrogen) atoms. The highest BCUT2D eigenvalue weighted by Crippen LogP contribution is 2.49. The standard InChI is InChI=1S/C21H24F2O2S/c1-3-16-4-7-18(8-5-16)26(24,25)21(12-10-15(2)11-13-21)19-14-17(22)6-9-20(19)23/h4-9,14-15H,3,10-13H2,1-2H3. The van der Waals surface area contributed by atoms with Crippen LogP contribution in [0.1, 0.15) is 50.7 Å². The third-order valence-electron chi connectivity index (χ3n) is 5.66. The van der Waals surface area contributed by atoms with Gasteiger partial charge in [0.05, 0.1) is 4.90 Å². The second kappa shape index (κ2) is 7.10. The SMILES string of the molecule is CCc1ccc(S(=O)(=O)C2(c3cc(F)ccc3F)CCC(C)CC2)cc1. The number of aryl methyl sites for hydroxylation is 1. The maximum Gasteiger partial charge on any atom is 0.188 e. The van der Waals surface area contributed by atoms with Crippen LogP contribution in [0.4, 0.5) is 8.78 Å². The average Bonchev–Trinajstić information content (AvgIpc) is 2.64. The van der Waals surface area contributed by atoms with Gasteiger partial charge in [0.1, 0.15) is 16.4 Å². The van der Waals surface area contributed by atoms with Crippen molar-refractivity contribution in [3.05, 3.63) is 65.2 Å². The Kier molecular flexibility index (Phi) is 5.20. The van der Waals surface area contributed by atoms with Gasteiger partial charge in [0.2, 0.25) is 0 Å². The summed E-state index contributed by atoms with van der Waals surface area (Å²) in [6.45, 7) is 4.06. The van der Waals surface area contributed by atoms with Crippen LogP contribution >= 0.6 is 0 Å².